The minimum absolute atomic E-state index is 0.774. The van der Waals surface area contributed by atoms with Crippen LogP contribution in [0.4, 0.5) is 8.78 Å². The van der Waals surface area contributed by atoms with Gasteiger partial charge in [0.25, 0.3) is 0 Å². The molecule has 0 aromatic heterocycles. The summed E-state index contributed by atoms with van der Waals surface area (Å²) in [5, 5.41) is 3.03. The van der Waals surface area contributed by atoms with Gasteiger partial charge in [0.1, 0.15) is 0 Å². The lowest BCUT2D eigenvalue weighted by Gasteiger charge is -2.01. The minimum Gasteiger partial charge on any atom is -0.320 e. The fraction of sp³-hybridized carbons (Fsp3) is 0.400. The number of hydrogen-bond donors (Lipinski definition) is 1. The second-order valence-electron chi connectivity index (χ2n) is 2.88. The van der Waals surface area contributed by atoms with Crippen molar-refractivity contribution in [3.05, 3.63) is 29.8 Å². The lowest BCUT2D eigenvalue weighted by molar-refractivity contribution is 0.506. The molecule has 1 N–H and O–H groups in total. The van der Waals surface area contributed by atoms with E-state index in [2.05, 4.69) is 5.32 Å². The highest BCUT2D eigenvalue weighted by Crippen LogP contribution is 2.20. The molecular formula is C10H13F2NS. The fourth-order valence-corrected chi connectivity index (χ4v) is 1.88. The normalized spacial score (nSPS) is 10.5. The van der Waals surface area contributed by atoms with E-state index in [0.717, 1.165) is 29.7 Å². The van der Waals surface area contributed by atoms with E-state index in [0.29, 0.717) is 0 Å². The lowest BCUT2D eigenvalue weighted by atomic mass is 10.3. The predicted octanol–water partition coefficient (Wildman–Crippen LogP) is 2.67. The third-order valence-corrected chi connectivity index (χ3v) is 2.81. The molecule has 4 heteroatoms. The number of nitrogens with one attached hydrogen (secondary N) is 1. The smallest absolute Gasteiger partial charge is 0.159 e. The van der Waals surface area contributed by atoms with Gasteiger partial charge in [-0.15, -0.1) is 11.8 Å². The van der Waals surface area contributed by atoms with Crippen LogP contribution in [-0.2, 0) is 0 Å². The van der Waals surface area contributed by atoms with Crippen LogP contribution in [0, 0.1) is 11.6 Å². The Bertz CT molecular complexity index is 291. The lowest BCUT2D eigenvalue weighted by Crippen LogP contribution is -2.07. The standard InChI is InChI=1S/C10H13F2NS/c1-13-5-2-6-14-8-3-4-9(11)10(12)7-8/h3-4,7,13H,2,5-6H2,1H3. The second-order valence-corrected chi connectivity index (χ2v) is 4.05. The third-order valence-electron chi connectivity index (χ3n) is 1.73. The zero-order valence-electron chi connectivity index (χ0n) is 8.02. The number of thioether (sulfide) groups is 1. The summed E-state index contributed by atoms with van der Waals surface area (Å²) in [7, 11) is 1.89. The van der Waals surface area contributed by atoms with Gasteiger partial charge < -0.3 is 5.32 Å². The first-order valence-corrected chi connectivity index (χ1v) is 5.45. The first-order valence-electron chi connectivity index (χ1n) is 4.46. The molecule has 0 heterocycles. The van der Waals surface area contributed by atoms with Crippen molar-refractivity contribution in [1.82, 2.24) is 5.32 Å². The monoisotopic (exact) mass is 217 g/mol. The van der Waals surface area contributed by atoms with Gasteiger partial charge in [-0.05, 0) is 44.0 Å². The van der Waals surface area contributed by atoms with Gasteiger partial charge in [-0.1, -0.05) is 0 Å². The van der Waals surface area contributed by atoms with Crippen LogP contribution in [-0.4, -0.2) is 19.3 Å². The molecule has 0 atom stereocenters. The molecule has 0 saturated heterocycles. The van der Waals surface area contributed by atoms with E-state index in [-0.39, 0.29) is 0 Å². The molecule has 14 heavy (non-hydrogen) atoms. The summed E-state index contributed by atoms with van der Waals surface area (Å²) >= 11 is 1.54. The molecule has 0 unspecified atom stereocenters. The Balaban J connectivity index is 2.39. The zero-order valence-corrected chi connectivity index (χ0v) is 8.83. The average Bonchev–Trinajstić information content (AvgIpc) is 2.18. The van der Waals surface area contributed by atoms with E-state index in [9.17, 15) is 8.78 Å². The molecule has 0 aliphatic heterocycles. The Morgan fingerprint density at radius 3 is 2.71 bits per heavy atom. The highest BCUT2D eigenvalue weighted by molar-refractivity contribution is 7.99. The van der Waals surface area contributed by atoms with Crippen molar-refractivity contribution in [2.45, 2.75) is 11.3 Å². The van der Waals surface area contributed by atoms with Gasteiger partial charge in [0.2, 0.25) is 0 Å². The Morgan fingerprint density at radius 2 is 2.07 bits per heavy atom. The van der Waals surface area contributed by atoms with E-state index in [4.69, 9.17) is 0 Å². The van der Waals surface area contributed by atoms with Crippen LogP contribution in [0.3, 0.4) is 0 Å². The maximum absolute atomic E-state index is 12.8. The summed E-state index contributed by atoms with van der Waals surface area (Å²) in [4.78, 5) is 0.778. The van der Waals surface area contributed by atoms with Gasteiger partial charge in [-0.3, -0.25) is 0 Å². The van der Waals surface area contributed by atoms with Gasteiger partial charge in [-0.2, -0.15) is 0 Å². The summed E-state index contributed by atoms with van der Waals surface area (Å²) in [5.41, 5.74) is 0. The Morgan fingerprint density at radius 1 is 1.29 bits per heavy atom. The Labute approximate surface area is 86.9 Å². The van der Waals surface area contributed by atoms with Crippen LogP contribution in [0.1, 0.15) is 6.42 Å². The van der Waals surface area contributed by atoms with Crippen molar-refractivity contribution >= 4 is 11.8 Å². The van der Waals surface area contributed by atoms with Crippen LogP contribution in [0.15, 0.2) is 23.1 Å². The van der Waals surface area contributed by atoms with Crippen molar-refractivity contribution in [1.29, 1.82) is 0 Å². The molecule has 1 rings (SSSR count). The van der Waals surface area contributed by atoms with Crippen molar-refractivity contribution in [2.24, 2.45) is 0 Å². The first kappa shape index (κ1) is 11.5. The molecule has 0 spiro atoms. The van der Waals surface area contributed by atoms with E-state index in [1.807, 2.05) is 7.05 Å². The third kappa shape index (κ3) is 3.64. The van der Waals surface area contributed by atoms with Crippen molar-refractivity contribution < 1.29 is 8.78 Å². The van der Waals surface area contributed by atoms with Crippen LogP contribution in [0.25, 0.3) is 0 Å². The maximum atomic E-state index is 12.8. The van der Waals surface area contributed by atoms with Gasteiger partial charge in [0.15, 0.2) is 11.6 Å². The van der Waals surface area contributed by atoms with Crippen LogP contribution >= 0.6 is 11.8 Å². The fourth-order valence-electron chi connectivity index (χ4n) is 1.01. The highest BCUT2D eigenvalue weighted by Gasteiger charge is 2.02. The molecule has 0 fully saturated rings. The summed E-state index contributed by atoms with van der Waals surface area (Å²) in [5.74, 6) is -0.653. The van der Waals surface area contributed by atoms with Gasteiger partial charge in [0.05, 0.1) is 0 Å². The SMILES string of the molecule is CNCCCSc1ccc(F)c(F)c1. The van der Waals surface area contributed by atoms with Crippen LogP contribution in [0.2, 0.25) is 0 Å². The molecule has 0 amide bonds. The molecule has 0 aliphatic carbocycles. The van der Waals surface area contributed by atoms with Crippen LogP contribution in [0.5, 0.6) is 0 Å². The maximum Gasteiger partial charge on any atom is 0.159 e. The molecule has 0 aliphatic rings. The number of benzene rings is 1. The van der Waals surface area contributed by atoms with E-state index < -0.39 is 11.6 Å². The highest BCUT2D eigenvalue weighted by atomic mass is 32.2. The predicted molar refractivity (Wildman–Crippen MR) is 55.6 cm³/mol. The van der Waals surface area contributed by atoms with Gasteiger partial charge >= 0.3 is 0 Å². The van der Waals surface area contributed by atoms with Crippen molar-refractivity contribution in [2.75, 3.05) is 19.3 Å². The summed E-state index contributed by atoms with van der Waals surface area (Å²) in [6.45, 7) is 0.941. The minimum atomic E-state index is -0.787. The van der Waals surface area contributed by atoms with E-state index in [1.165, 1.54) is 17.8 Å². The van der Waals surface area contributed by atoms with E-state index in [1.54, 1.807) is 6.07 Å². The van der Waals surface area contributed by atoms with Crippen molar-refractivity contribution in [3.8, 4) is 0 Å². The van der Waals surface area contributed by atoms with Gasteiger partial charge in [-0.25, -0.2) is 8.78 Å². The number of rotatable bonds is 5. The molecule has 0 saturated carbocycles. The van der Waals surface area contributed by atoms with Crippen molar-refractivity contribution in [3.63, 3.8) is 0 Å². The Hall–Kier alpha value is -0.610. The summed E-state index contributed by atoms with van der Waals surface area (Å²) in [6, 6.07) is 4.00. The summed E-state index contributed by atoms with van der Waals surface area (Å²) in [6.07, 6.45) is 1.01. The number of halogens is 2. The van der Waals surface area contributed by atoms with Crippen LogP contribution < -0.4 is 5.32 Å². The summed E-state index contributed by atoms with van der Waals surface area (Å²) < 4.78 is 25.3. The van der Waals surface area contributed by atoms with E-state index >= 15 is 0 Å². The molecular weight excluding hydrogens is 204 g/mol. The zero-order chi connectivity index (χ0) is 10.4. The topological polar surface area (TPSA) is 12.0 Å². The molecule has 78 valence electrons. The molecule has 0 radical (unpaired) electrons. The number of hydrogen-bond acceptors (Lipinski definition) is 2. The molecule has 1 aromatic rings. The second kappa shape index (κ2) is 5.98. The average molecular weight is 217 g/mol. The quantitative estimate of drug-likeness (QED) is 0.601. The molecule has 1 nitrogen and oxygen atoms in total. The molecule has 0 bridgehead atoms. The first-order chi connectivity index (χ1) is 6.74. The largest absolute Gasteiger partial charge is 0.320 e. The van der Waals surface area contributed by atoms with Gasteiger partial charge in [0, 0.05) is 4.90 Å². The Kier molecular flexibility index (Phi) is 4.90. The molecule has 1 aromatic carbocycles.